The first-order valence-corrected chi connectivity index (χ1v) is 9.59. The molecule has 1 saturated heterocycles. The molecule has 1 unspecified atom stereocenters. The summed E-state index contributed by atoms with van der Waals surface area (Å²) in [5, 5.41) is 6.34. The number of benzene rings is 1. The standard InChI is InChI=1S/C21H19F3N4O3/c22-21(23,24)18-7-8-28(26-18)16-5-3-14(4-6-16)11-25-20(30)15-10-19(29)27(12-15)13-17-2-1-9-31-17/h1-9,15H,10-13H2,(H,25,30). The van der Waals surface area contributed by atoms with Crippen LogP contribution in [-0.4, -0.2) is 33.0 Å². The zero-order chi connectivity index (χ0) is 22.0. The second-order valence-electron chi connectivity index (χ2n) is 7.28. The highest BCUT2D eigenvalue weighted by atomic mass is 19.4. The highest BCUT2D eigenvalue weighted by molar-refractivity contribution is 5.89. The maximum atomic E-state index is 12.7. The van der Waals surface area contributed by atoms with Crippen molar-refractivity contribution in [2.24, 2.45) is 5.92 Å². The van der Waals surface area contributed by atoms with Crippen molar-refractivity contribution in [2.45, 2.75) is 25.7 Å². The fourth-order valence-electron chi connectivity index (χ4n) is 3.41. The second kappa shape index (κ2) is 8.29. The Hall–Kier alpha value is -3.56. The van der Waals surface area contributed by atoms with Gasteiger partial charge in [0.05, 0.1) is 24.4 Å². The molecule has 1 fully saturated rings. The number of carbonyl (C=O) groups is 2. The van der Waals surface area contributed by atoms with E-state index >= 15 is 0 Å². The van der Waals surface area contributed by atoms with E-state index in [2.05, 4.69) is 10.4 Å². The lowest BCUT2D eigenvalue weighted by Crippen LogP contribution is -2.32. The number of hydrogen-bond donors (Lipinski definition) is 1. The maximum absolute atomic E-state index is 12.7. The summed E-state index contributed by atoms with van der Waals surface area (Å²) in [6.45, 7) is 0.903. The second-order valence-corrected chi connectivity index (χ2v) is 7.28. The van der Waals surface area contributed by atoms with Gasteiger partial charge in [-0.15, -0.1) is 0 Å². The van der Waals surface area contributed by atoms with Gasteiger partial charge in [-0.3, -0.25) is 9.59 Å². The molecule has 3 heterocycles. The van der Waals surface area contributed by atoms with Gasteiger partial charge in [0.15, 0.2) is 5.69 Å². The molecule has 162 valence electrons. The minimum Gasteiger partial charge on any atom is -0.467 e. The number of rotatable bonds is 6. The van der Waals surface area contributed by atoms with Crippen LogP contribution < -0.4 is 5.32 Å². The van der Waals surface area contributed by atoms with Crippen LogP contribution in [0.5, 0.6) is 0 Å². The summed E-state index contributed by atoms with van der Waals surface area (Å²) in [5.41, 5.74) is 0.286. The minimum atomic E-state index is -4.50. The van der Waals surface area contributed by atoms with Crippen LogP contribution in [0.25, 0.3) is 5.69 Å². The molecule has 0 spiro atoms. The van der Waals surface area contributed by atoms with Crippen molar-refractivity contribution in [1.29, 1.82) is 0 Å². The minimum absolute atomic E-state index is 0.0987. The van der Waals surface area contributed by atoms with Gasteiger partial charge in [-0.2, -0.15) is 18.3 Å². The summed E-state index contributed by atoms with van der Waals surface area (Å²) in [6, 6.07) is 11.1. The Bertz CT molecular complexity index is 1060. The summed E-state index contributed by atoms with van der Waals surface area (Å²) in [6.07, 6.45) is -1.57. The number of aromatic nitrogens is 2. The molecule has 31 heavy (non-hydrogen) atoms. The topological polar surface area (TPSA) is 80.4 Å². The van der Waals surface area contributed by atoms with Gasteiger partial charge in [0.1, 0.15) is 5.76 Å². The zero-order valence-corrected chi connectivity index (χ0v) is 16.3. The highest BCUT2D eigenvalue weighted by Gasteiger charge is 2.35. The number of nitrogens with zero attached hydrogens (tertiary/aromatic N) is 3. The number of halogens is 3. The number of likely N-dealkylation sites (tertiary alicyclic amines) is 1. The first-order valence-electron chi connectivity index (χ1n) is 9.59. The lowest BCUT2D eigenvalue weighted by Gasteiger charge is -2.15. The smallest absolute Gasteiger partial charge is 0.435 e. The molecule has 0 bridgehead atoms. The summed E-state index contributed by atoms with van der Waals surface area (Å²) in [7, 11) is 0. The predicted molar refractivity (Wildman–Crippen MR) is 103 cm³/mol. The number of alkyl halides is 3. The summed E-state index contributed by atoms with van der Waals surface area (Å²) in [4.78, 5) is 26.2. The fraction of sp³-hybridized carbons (Fsp3) is 0.286. The molecule has 2 aromatic heterocycles. The van der Waals surface area contributed by atoms with Crippen LogP contribution in [0.1, 0.15) is 23.4 Å². The first kappa shape index (κ1) is 20.7. The molecular formula is C21H19F3N4O3. The maximum Gasteiger partial charge on any atom is 0.435 e. The lowest BCUT2D eigenvalue weighted by atomic mass is 10.1. The molecule has 1 aliphatic heterocycles. The Morgan fingerprint density at radius 2 is 1.97 bits per heavy atom. The van der Waals surface area contributed by atoms with Gasteiger partial charge >= 0.3 is 6.18 Å². The number of carbonyl (C=O) groups excluding carboxylic acids is 2. The Morgan fingerprint density at radius 3 is 2.61 bits per heavy atom. The Labute approximate surface area is 175 Å². The van der Waals surface area contributed by atoms with E-state index in [4.69, 9.17) is 4.42 Å². The summed E-state index contributed by atoms with van der Waals surface area (Å²) < 4.78 is 44.4. The predicted octanol–water partition coefficient (Wildman–Crippen LogP) is 3.15. The van der Waals surface area contributed by atoms with E-state index in [0.29, 0.717) is 24.5 Å². The molecule has 0 saturated carbocycles. The van der Waals surface area contributed by atoms with Crippen LogP contribution in [0, 0.1) is 5.92 Å². The molecule has 1 aromatic carbocycles. The van der Waals surface area contributed by atoms with Crippen LogP contribution in [-0.2, 0) is 28.9 Å². The molecule has 4 rings (SSSR count). The molecule has 7 nitrogen and oxygen atoms in total. The van der Waals surface area contributed by atoms with Crippen LogP contribution in [0.4, 0.5) is 13.2 Å². The molecule has 1 aliphatic rings. The molecule has 0 radical (unpaired) electrons. The number of hydrogen-bond acceptors (Lipinski definition) is 4. The Balaban J connectivity index is 1.30. The van der Waals surface area contributed by atoms with Crippen molar-refractivity contribution in [3.8, 4) is 5.69 Å². The molecule has 1 N–H and O–H groups in total. The van der Waals surface area contributed by atoms with Crippen LogP contribution in [0.15, 0.2) is 59.3 Å². The Morgan fingerprint density at radius 1 is 1.19 bits per heavy atom. The third kappa shape index (κ3) is 4.79. The van der Waals surface area contributed by atoms with E-state index < -0.39 is 17.8 Å². The number of nitrogens with one attached hydrogen (secondary N) is 1. The quantitative estimate of drug-likeness (QED) is 0.649. The van der Waals surface area contributed by atoms with Crippen molar-refractivity contribution in [3.05, 3.63) is 71.9 Å². The summed E-state index contributed by atoms with van der Waals surface area (Å²) >= 11 is 0. The van der Waals surface area contributed by atoms with Crippen molar-refractivity contribution in [1.82, 2.24) is 20.0 Å². The van der Waals surface area contributed by atoms with Crippen LogP contribution >= 0.6 is 0 Å². The number of furan rings is 1. The van der Waals surface area contributed by atoms with Gasteiger partial charge in [-0.25, -0.2) is 4.68 Å². The molecular weight excluding hydrogens is 413 g/mol. The molecule has 3 aromatic rings. The average molecular weight is 432 g/mol. The van der Waals surface area contributed by atoms with Crippen LogP contribution in [0.3, 0.4) is 0 Å². The van der Waals surface area contributed by atoms with Gasteiger partial charge in [0.2, 0.25) is 11.8 Å². The fourth-order valence-corrected chi connectivity index (χ4v) is 3.41. The van der Waals surface area contributed by atoms with Gasteiger partial charge < -0.3 is 14.6 Å². The van der Waals surface area contributed by atoms with Gasteiger partial charge in [-0.1, -0.05) is 12.1 Å². The lowest BCUT2D eigenvalue weighted by molar-refractivity contribution is -0.141. The largest absolute Gasteiger partial charge is 0.467 e. The SMILES string of the molecule is O=C(NCc1ccc(-n2ccc(C(F)(F)F)n2)cc1)C1CC(=O)N(Cc2ccco2)C1. The van der Waals surface area contributed by atoms with Crippen molar-refractivity contribution in [2.75, 3.05) is 6.54 Å². The zero-order valence-electron chi connectivity index (χ0n) is 16.3. The van der Waals surface area contributed by atoms with E-state index in [0.717, 1.165) is 16.3 Å². The monoisotopic (exact) mass is 432 g/mol. The van der Waals surface area contributed by atoms with E-state index in [1.54, 1.807) is 41.3 Å². The van der Waals surface area contributed by atoms with Crippen molar-refractivity contribution < 1.29 is 27.2 Å². The molecule has 1 atom stereocenters. The Kier molecular flexibility index (Phi) is 5.53. The third-order valence-corrected chi connectivity index (χ3v) is 5.06. The van der Waals surface area contributed by atoms with Gasteiger partial charge in [0.25, 0.3) is 0 Å². The first-order chi connectivity index (χ1) is 14.8. The van der Waals surface area contributed by atoms with Crippen LogP contribution in [0.2, 0.25) is 0 Å². The third-order valence-electron chi connectivity index (χ3n) is 5.06. The van der Waals surface area contributed by atoms with Gasteiger partial charge in [-0.05, 0) is 35.9 Å². The average Bonchev–Trinajstić information content (AvgIpc) is 3.48. The molecule has 2 amide bonds. The summed E-state index contributed by atoms with van der Waals surface area (Å²) in [5.74, 6) is -0.0970. The number of amides is 2. The van der Waals surface area contributed by atoms with Crippen molar-refractivity contribution in [3.63, 3.8) is 0 Å². The van der Waals surface area contributed by atoms with E-state index in [1.165, 1.54) is 12.5 Å². The van der Waals surface area contributed by atoms with Gasteiger partial charge in [0, 0.05) is 25.7 Å². The highest BCUT2D eigenvalue weighted by Crippen LogP contribution is 2.28. The molecule has 0 aliphatic carbocycles. The van der Waals surface area contributed by atoms with E-state index in [9.17, 15) is 22.8 Å². The normalized spacial score (nSPS) is 16.7. The van der Waals surface area contributed by atoms with E-state index in [1.807, 2.05) is 0 Å². The van der Waals surface area contributed by atoms with Crippen molar-refractivity contribution >= 4 is 11.8 Å². The van der Waals surface area contributed by atoms with E-state index in [-0.39, 0.29) is 24.8 Å². The molecule has 10 heteroatoms.